The molecule has 10 heteroatoms. The Morgan fingerprint density at radius 3 is 2.14 bits per heavy atom. The van der Waals surface area contributed by atoms with Crippen LogP contribution in [0.3, 0.4) is 0 Å². The van der Waals surface area contributed by atoms with Crippen molar-refractivity contribution in [1.82, 2.24) is 15.0 Å². The number of nitrogens with zero attached hydrogens (tertiary/aromatic N) is 6. The summed E-state index contributed by atoms with van der Waals surface area (Å²) in [5.74, 6) is 2.06. The molecule has 35 heavy (non-hydrogen) atoms. The normalized spacial score (nSPS) is 15.8. The topological polar surface area (TPSA) is 78.8 Å². The molecule has 0 atom stereocenters. The molecule has 0 radical (unpaired) electrons. The fraction of sp³-hybridized carbons (Fsp3) is 0.360. The van der Waals surface area contributed by atoms with Gasteiger partial charge in [0.25, 0.3) is 0 Å². The highest BCUT2D eigenvalue weighted by atomic mass is 35.5. The standard InChI is InChI=1S/C25H27ClFN7O/c26-21-6-5-7-22(27)20(21)17-35-19-10-8-18(9-11-19)16-28-32-23-29-24(33-12-1-2-13-33)31-25(30-23)34-14-3-4-15-34/h5-11,16H,1-4,12-15,17H2,(H,29,30,31,32)/b28-16+. The van der Waals surface area contributed by atoms with E-state index in [1.165, 1.54) is 6.07 Å². The molecular formula is C25H27ClFN7O. The molecule has 2 aromatic carbocycles. The van der Waals surface area contributed by atoms with Crippen LogP contribution in [0, 0.1) is 5.82 Å². The Morgan fingerprint density at radius 2 is 1.54 bits per heavy atom. The zero-order valence-corrected chi connectivity index (χ0v) is 20.1. The van der Waals surface area contributed by atoms with Crippen molar-refractivity contribution in [2.24, 2.45) is 5.10 Å². The number of aromatic nitrogens is 3. The number of hydrogen-bond donors (Lipinski definition) is 1. The van der Waals surface area contributed by atoms with E-state index in [0.717, 1.165) is 57.4 Å². The molecule has 0 saturated carbocycles. The Balaban J connectivity index is 1.23. The summed E-state index contributed by atoms with van der Waals surface area (Å²) in [5.41, 5.74) is 4.16. The minimum absolute atomic E-state index is 0.0541. The Kier molecular flexibility index (Phi) is 7.23. The van der Waals surface area contributed by atoms with Crippen molar-refractivity contribution in [3.05, 3.63) is 64.4 Å². The van der Waals surface area contributed by atoms with Crippen molar-refractivity contribution in [3.8, 4) is 5.75 Å². The Hall–Kier alpha value is -3.46. The molecule has 0 bridgehead atoms. The van der Waals surface area contributed by atoms with Crippen LogP contribution < -0.4 is 20.0 Å². The zero-order valence-electron chi connectivity index (χ0n) is 19.3. The summed E-state index contributed by atoms with van der Waals surface area (Å²) in [4.78, 5) is 18.3. The molecule has 2 saturated heterocycles. The lowest BCUT2D eigenvalue weighted by Crippen LogP contribution is -2.25. The van der Waals surface area contributed by atoms with Gasteiger partial charge >= 0.3 is 0 Å². The van der Waals surface area contributed by atoms with Crippen LogP contribution in [0.4, 0.5) is 22.2 Å². The predicted octanol–water partition coefficient (Wildman–Crippen LogP) is 4.89. The Morgan fingerprint density at radius 1 is 0.914 bits per heavy atom. The van der Waals surface area contributed by atoms with Crippen LogP contribution in [0.25, 0.3) is 0 Å². The van der Waals surface area contributed by atoms with Crippen molar-refractivity contribution < 1.29 is 9.13 Å². The first kappa shape index (κ1) is 23.3. The molecule has 1 aromatic heterocycles. The van der Waals surface area contributed by atoms with E-state index in [1.807, 2.05) is 12.1 Å². The van der Waals surface area contributed by atoms with E-state index in [1.54, 1.807) is 30.5 Å². The second-order valence-corrected chi connectivity index (χ2v) is 8.98. The van der Waals surface area contributed by atoms with Gasteiger partial charge in [0.15, 0.2) is 0 Å². The van der Waals surface area contributed by atoms with Crippen molar-refractivity contribution in [2.45, 2.75) is 32.3 Å². The number of rotatable bonds is 8. The first-order chi connectivity index (χ1) is 17.2. The van der Waals surface area contributed by atoms with Crippen LogP contribution >= 0.6 is 11.6 Å². The summed E-state index contributed by atoms with van der Waals surface area (Å²) in [7, 11) is 0. The summed E-state index contributed by atoms with van der Waals surface area (Å²) in [5, 5.41) is 4.67. The minimum Gasteiger partial charge on any atom is -0.489 e. The summed E-state index contributed by atoms with van der Waals surface area (Å²) in [6.45, 7) is 3.90. The summed E-state index contributed by atoms with van der Waals surface area (Å²) in [6, 6.07) is 11.9. The van der Waals surface area contributed by atoms with E-state index in [0.29, 0.717) is 34.2 Å². The second-order valence-electron chi connectivity index (χ2n) is 8.58. The van der Waals surface area contributed by atoms with Gasteiger partial charge < -0.3 is 14.5 Å². The van der Waals surface area contributed by atoms with E-state index in [4.69, 9.17) is 21.3 Å². The average Bonchev–Trinajstić information content (AvgIpc) is 3.59. The highest BCUT2D eigenvalue weighted by Gasteiger charge is 2.21. The largest absolute Gasteiger partial charge is 0.489 e. The highest BCUT2D eigenvalue weighted by Crippen LogP contribution is 2.23. The fourth-order valence-electron chi connectivity index (χ4n) is 4.16. The molecule has 2 fully saturated rings. The minimum atomic E-state index is -0.383. The number of hydrazone groups is 1. The van der Waals surface area contributed by atoms with Crippen LogP contribution in [-0.2, 0) is 6.61 Å². The summed E-state index contributed by atoms with van der Waals surface area (Å²) in [6.07, 6.45) is 6.29. The smallest absolute Gasteiger partial charge is 0.250 e. The van der Waals surface area contributed by atoms with Crippen molar-refractivity contribution >= 4 is 35.7 Å². The molecular weight excluding hydrogens is 469 g/mol. The number of hydrogen-bond acceptors (Lipinski definition) is 8. The van der Waals surface area contributed by atoms with Crippen molar-refractivity contribution in [1.29, 1.82) is 0 Å². The van der Waals surface area contributed by atoms with Crippen molar-refractivity contribution in [2.75, 3.05) is 41.4 Å². The Labute approximate surface area is 208 Å². The third-order valence-electron chi connectivity index (χ3n) is 6.09. The molecule has 5 rings (SSSR count). The number of ether oxygens (including phenoxy) is 1. The van der Waals surface area contributed by atoms with Crippen LogP contribution in [0.15, 0.2) is 47.6 Å². The summed E-state index contributed by atoms with van der Waals surface area (Å²) < 4.78 is 19.6. The van der Waals surface area contributed by atoms with Gasteiger partial charge in [-0.15, -0.1) is 0 Å². The second kappa shape index (κ2) is 10.9. The molecule has 2 aliphatic heterocycles. The summed E-state index contributed by atoms with van der Waals surface area (Å²) >= 11 is 6.06. The van der Waals surface area contributed by atoms with Gasteiger partial charge in [-0.05, 0) is 67.6 Å². The first-order valence-corrected chi connectivity index (χ1v) is 12.2. The molecule has 1 N–H and O–H groups in total. The van der Waals surface area contributed by atoms with E-state index >= 15 is 0 Å². The van der Waals surface area contributed by atoms with Crippen LogP contribution in [-0.4, -0.2) is 47.3 Å². The first-order valence-electron chi connectivity index (χ1n) is 11.9. The monoisotopic (exact) mass is 495 g/mol. The molecule has 2 aliphatic rings. The van der Waals surface area contributed by atoms with Gasteiger partial charge in [-0.2, -0.15) is 20.1 Å². The van der Waals surface area contributed by atoms with E-state index in [-0.39, 0.29) is 12.4 Å². The van der Waals surface area contributed by atoms with Gasteiger partial charge in [-0.3, -0.25) is 0 Å². The van der Waals surface area contributed by atoms with Crippen molar-refractivity contribution in [3.63, 3.8) is 0 Å². The lowest BCUT2D eigenvalue weighted by molar-refractivity contribution is 0.300. The van der Waals surface area contributed by atoms with Gasteiger partial charge in [0.1, 0.15) is 18.2 Å². The third kappa shape index (κ3) is 5.79. The number of nitrogens with one attached hydrogen (secondary N) is 1. The number of anilines is 3. The molecule has 3 aromatic rings. The average molecular weight is 496 g/mol. The SMILES string of the molecule is Fc1cccc(Cl)c1COc1ccc(/C=N/Nc2nc(N3CCCC3)nc(N3CCCC3)n2)cc1. The molecule has 0 aliphatic carbocycles. The van der Waals surface area contributed by atoms with E-state index in [2.05, 4.69) is 30.3 Å². The molecule has 8 nitrogen and oxygen atoms in total. The maximum atomic E-state index is 13.9. The number of halogens is 2. The van der Waals surface area contributed by atoms with Gasteiger partial charge in [0, 0.05) is 31.7 Å². The van der Waals surface area contributed by atoms with Crippen LogP contribution in [0.5, 0.6) is 5.75 Å². The number of benzene rings is 2. The van der Waals surface area contributed by atoms with Crippen LogP contribution in [0.2, 0.25) is 5.02 Å². The lowest BCUT2D eigenvalue weighted by atomic mass is 10.2. The van der Waals surface area contributed by atoms with E-state index in [9.17, 15) is 4.39 Å². The molecule has 182 valence electrons. The predicted molar refractivity (Wildman–Crippen MR) is 136 cm³/mol. The molecule has 3 heterocycles. The molecule has 0 spiro atoms. The van der Waals surface area contributed by atoms with Gasteiger partial charge in [-0.25, -0.2) is 9.82 Å². The Bertz CT molecular complexity index is 1120. The van der Waals surface area contributed by atoms with Gasteiger partial charge in [0.05, 0.1) is 11.2 Å². The maximum absolute atomic E-state index is 13.9. The quantitative estimate of drug-likeness (QED) is 0.352. The third-order valence-corrected chi connectivity index (χ3v) is 6.45. The lowest BCUT2D eigenvalue weighted by Gasteiger charge is -2.20. The van der Waals surface area contributed by atoms with Gasteiger partial charge in [-0.1, -0.05) is 17.7 Å². The van der Waals surface area contributed by atoms with Crippen LogP contribution in [0.1, 0.15) is 36.8 Å². The van der Waals surface area contributed by atoms with Gasteiger partial charge in [0.2, 0.25) is 17.8 Å². The maximum Gasteiger partial charge on any atom is 0.250 e. The zero-order chi connectivity index (χ0) is 24.0. The molecule has 0 amide bonds. The fourth-order valence-corrected chi connectivity index (χ4v) is 4.38. The highest BCUT2D eigenvalue weighted by molar-refractivity contribution is 6.31. The molecule has 0 unspecified atom stereocenters. The van der Waals surface area contributed by atoms with E-state index < -0.39 is 0 Å².